The molecule has 5 nitrogen and oxygen atoms in total. The lowest BCUT2D eigenvalue weighted by molar-refractivity contribution is -0.117. The van der Waals surface area contributed by atoms with Crippen molar-refractivity contribution in [3.05, 3.63) is 0 Å². The van der Waals surface area contributed by atoms with Crippen LogP contribution >= 0.6 is 0 Å². The molecular weight excluding hydrogens is 216 g/mol. The zero-order chi connectivity index (χ0) is 11.3. The SMILES string of the molecule is COC(C[Si](C)(OC)OC)OCC1CO1. The molecule has 0 amide bonds. The van der Waals surface area contributed by atoms with Gasteiger partial charge in [0.2, 0.25) is 0 Å². The van der Waals surface area contributed by atoms with Crippen molar-refractivity contribution < 1.29 is 23.1 Å². The minimum Gasteiger partial charge on any atom is -0.398 e. The van der Waals surface area contributed by atoms with Crippen LogP contribution in [0.5, 0.6) is 0 Å². The van der Waals surface area contributed by atoms with Crippen LogP contribution in [0.2, 0.25) is 12.6 Å². The maximum absolute atomic E-state index is 5.54. The van der Waals surface area contributed by atoms with Crippen molar-refractivity contribution in [3.63, 3.8) is 0 Å². The minimum atomic E-state index is -2.12. The van der Waals surface area contributed by atoms with Gasteiger partial charge >= 0.3 is 8.56 Å². The fraction of sp³-hybridized carbons (Fsp3) is 1.00. The summed E-state index contributed by atoms with van der Waals surface area (Å²) in [5.41, 5.74) is 0. The second-order valence-electron chi connectivity index (χ2n) is 3.70. The molecule has 0 aliphatic carbocycles. The fourth-order valence-electron chi connectivity index (χ4n) is 1.14. The monoisotopic (exact) mass is 236 g/mol. The van der Waals surface area contributed by atoms with Gasteiger partial charge in [0.05, 0.1) is 13.2 Å². The molecule has 6 heteroatoms. The molecule has 1 rings (SSSR count). The first-order valence-electron chi connectivity index (χ1n) is 5.00. The summed E-state index contributed by atoms with van der Waals surface area (Å²) < 4.78 is 26.6. The van der Waals surface area contributed by atoms with E-state index in [-0.39, 0.29) is 12.4 Å². The molecule has 0 spiro atoms. The van der Waals surface area contributed by atoms with Crippen LogP contribution in [0.25, 0.3) is 0 Å². The van der Waals surface area contributed by atoms with Crippen molar-refractivity contribution in [1.82, 2.24) is 0 Å². The summed E-state index contributed by atoms with van der Waals surface area (Å²) in [7, 11) is 2.82. The lowest BCUT2D eigenvalue weighted by atomic mass is 10.5. The predicted octanol–water partition coefficient (Wildman–Crippen LogP) is 0.739. The summed E-state index contributed by atoms with van der Waals surface area (Å²) in [5.74, 6) is 0. The van der Waals surface area contributed by atoms with Crippen LogP contribution in [0.3, 0.4) is 0 Å². The highest BCUT2D eigenvalue weighted by atomic mass is 28.4. The van der Waals surface area contributed by atoms with Crippen molar-refractivity contribution in [3.8, 4) is 0 Å². The van der Waals surface area contributed by atoms with Crippen LogP contribution in [0.4, 0.5) is 0 Å². The van der Waals surface area contributed by atoms with Crippen LogP contribution in [0, 0.1) is 0 Å². The largest absolute Gasteiger partial charge is 0.398 e. The Labute approximate surface area is 91.8 Å². The zero-order valence-electron chi connectivity index (χ0n) is 9.82. The number of hydrogen-bond donors (Lipinski definition) is 0. The van der Waals surface area contributed by atoms with Crippen LogP contribution in [-0.2, 0) is 23.1 Å². The van der Waals surface area contributed by atoms with E-state index in [1.165, 1.54) is 0 Å². The van der Waals surface area contributed by atoms with Crippen LogP contribution < -0.4 is 0 Å². The molecule has 0 aromatic heterocycles. The maximum atomic E-state index is 5.54. The molecule has 1 fully saturated rings. The molecule has 1 heterocycles. The van der Waals surface area contributed by atoms with Gasteiger partial charge in [0.25, 0.3) is 0 Å². The van der Waals surface area contributed by atoms with Gasteiger partial charge in [-0.1, -0.05) is 0 Å². The van der Waals surface area contributed by atoms with Crippen LogP contribution in [0.1, 0.15) is 0 Å². The molecular formula is C9H20O5Si. The van der Waals surface area contributed by atoms with Crippen molar-refractivity contribution in [2.24, 2.45) is 0 Å². The average molecular weight is 236 g/mol. The summed E-state index contributed by atoms with van der Waals surface area (Å²) in [6, 6.07) is 0.656. The number of rotatable bonds is 8. The minimum absolute atomic E-state index is 0.251. The third-order valence-electron chi connectivity index (χ3n) is 2.53. The maximum Gasteiger partial charge on any atom is 0.339 e. The molecule has 0 radical (unpaired) electrons. The molecule has 2 atom stereocenters. The van der Waals surface area contributed by atoms with E-state index in [0.29, 0.717) is 12.7 Å². The Kier molecular flexibility index (Phi) is 5.17. The lowest BCUT2D eigenvalue weighted by Gasteiger charge is -2.26. The van der Waals surface area contributed by atoms with Gasteiger partial charge in [-0.2, -0.15) is 0 Å². The van der Waals surface area contributed by atoms with E-state index in [1.54, 1.807) is 21.3 Å². The highest BCUT2D eigenvalue weighted by Crippen LogP contribution is 2.18. The van der Waals surface area contributed by atoms with Gasteiger partial charge in [-0.25, -0.2) is 0 Å². The normalized spacial score (nSPS) is 22.8. The third kappa shape index (κ3) is 4.58. The Morgan fingerprint density at radius 3 is 2.33 bits per heavy atom. The Bertz CT molecular complexity index is 181. The van der Waals surface area contributed by atoms with Crippen molar-refractivity contribution in [2.45, 2.75) is 25.0 Å². The van der Waals surface area contributed by atoms with Crippen LogP contribution in [0.15, 0.2) is 0 Å². The van der Waals surface area contributed by atoms with Gasteiger partial charge in [0.1, 0.15) is 6.10 Å². The van der Waals surface area contributed by atoms with E-state index in [0.717, 1.165) is 6.61 Å². The molecule has 90 valence electrons. The Hall–Kier alpha value is 0.0169. The summed E-state index contributed by atoms with van der Waals surface area (Å²) in [4.78, 5) is 0. The van der Waals surface area contributed by atoms with Gasteiger partial charge in [0, 0.05) is 27.4 Å². The fourth-order valence-corrected chi connectivity index (χ4v) is 2.53. The van der Waals surface area contributed by atoms with Gasteiger partial charge < -0.3 is 23.1 Å². The van der Waals surface area contributed by atoms with E-state index in [9.17, 15) is 0 Å². The first-order chi connectivity index (χ1) is 7.13. The molecule has 1 aliphatic heterocycles. The lowest BCUT2D eigenvalue weighted by Crippen LogP contribution is -2.41. The summed E-state index contributed by atoms with van der Waals surface area (Å²) in [6.45, 7) is 3.35. The van der Waals surface area contributed by atoms with Gasteiger partial charge in [-0.15, -0.1) is 0 Å². The number of methoxy groups -OCH3 is 1. The molecule has 15 heavy (non-hydrogen) atoms. The van der Waals surface area contributed by atoms with Gasteiger partial charge in [0.15, 0.2) is 6.29 Å². The average Bonchev–Trinajstić information content (AvgIpc) is 3.07. The van der Waals surface area contributed by atoms with E-state index in [1.807, 2.05) is 6.55 Å². The summed E-state index contributed by atoms with van der Waals surface area (Å²) in [6.07, 6.45) is -0.0218. The van der Waals surface area contributed by atoms with Gasteiger partial charge in [-0.3, -0.25) is 0 Å². The van der Waals surface area contributed by atoms with Crippen molar-refractivity contribution in [2.75, 3.05) is 34.5 Å². The first kappa shape index (κ1) is 13.1. The molecule has 2 unspecified atom stereocenters. The van der Waals surface area contributed by atoms with E-state index in [2.05, 4.69) is 0 Å². The number of hydrogen-bond acceptors (Lipinski definition) is 5. The Balaban J connectivity index is 2.29. The van der Waals surface area contributed by atoms with E-state index < -0.39 is 8.56 Å². The van der Waals surface area contributed by atoms with Crippen molar-refractivity contribution >= 4 is 8.56 Å². The highest BCUT2D eigenvalue weighted by Gasteiger charge is 2.34. The van der Waals surface area contributed by atoms with Gasteiger partial charge in [-0.05, 0) is 6.55 Å². The van der Waals surface area contributed by atoms with E-state index in [4.69, 9.17) is 23.1 Å². The van der Waals surface area contributed by atoms with Crippen LogP contribution in [-0.4, -0.2) is 55.5 Å². The molecule has 0 aromatic rings. The molecule has 0 aromatic carbocycles. The Morgan fingerprint density at radius 2 is 1.93 bits per heavy atom. The van der Waals surface area contributed by atoms with Crippen molar-refractivity contribution in [1.29, 1.82) is 0 Å². The molecule has 1 aliphatic rings. The topological polar surface area (TPSA) is 49.5 Å². The number of epoxide rings is 1. The second kappa shape index (κ2) is 5.93. The molecule has 0 bridgehead atoms. The molecule has 0 saturated carbocycles. The smallest absolute Gasteiger partial charge is 0.339 e. The number of ether oxygens (including phenoxy) is 3. The highest BCUT2D eigenvalue weighted by molar-refractivity contribution is 6.66. The standard InChI is InChI=1S/C9H20O5Si/c1-10-9(14-6-8-5-13-8)7-15(4,11-2)12-3/h8-9H,5-7H2,1-4H3. The van der Waals surface area contributed by atoms with E-state index >= 15 is 0 Å². The zero-order valence-corrected chi connectivity index (χ0v) is 10.8. The summed E-state index contributed by atoms with van der Waals surface area (Å²) in [5, 5.41) is 0. The second-order valence-corrected chi connectivity index (χ2v) is 7.19. The first-order valence-corrected chi connectivity index (χ1v) is 7.52. The predicted molar refractivity (Wildman–Crippen MR) is 56.9 cm³/mol. The molecule has 1 saturated heterocycles. The summed E-state index contributed by atoms with van der Waals surface area (Å²) >= 11 is 0. The Morgan fingerprint density at radius 1 is 1.33 bits per heavy atom. The third-order valence-corrected chi connectivity index (χ3v) is 5.34. The molecule has 0 N–H and O–H groups in total. The quantitative estimate of drug-likeness (QED) is 0.353.